The van der Waals surface area contributed by atoms with Crippen LogP contribution >= 0.6 is 11.3 Å². The Hall–Kier alpha value is -2.48. The molecule has 3 heterocycles. The number of methoxy groups -OCH3 is 1. The predicted molar refractivity (Wildman–Crippen MR) is 92.6 cm³/mol. The number of nitrogens with one attached hydrogen (secondary N) is 1. The molecule has 2 aliphatic rings. The second kappa shape index (κ2) is 5.80. The Morgan fingerprint density at radius 1 is 1.36 bits per heavy atom. The van der Waals surface area contributed by atoms with Crippen molar-refractivity contribution in [1.29, 1.82) is 0 Å². The third kappa shape index (κ3) is 2.66. The highest BCUT2D eigenvalue weighted by atomic mass is 32.1. The number of carbonyl (C=O) groups is 3. The molecule has 130 valence electrons. The standard InChI is InChI=1S/C17H17N3O4S/c1-24-14(22)10-2-3-11-12(8-10)25-16(18-11)20-7-6-17(9-20)5-4-13(21)19-15(17)23/h2-3,8H,4-7,9H2,1H3,(H,19,21,23). The molecule has 1 unspecified atom stereocenters. The maximum absolute atomic E-state index is 12.3. The van der Waals surface area contributed by atoms with Gasteiger partial charge in [0.05, 0.1) is 28.3 Å². The quantitative estimate of drug-likeness (QED) is 0.649. The zero-order valence-electron chi connectivity index (χ0n) is 13.7. The van der Waals surface area contributed by atoms with E-state index in [1.165, 1.54) is 18.4 Å². The van der Waals surface area contributed by atoms with Crippen LogP contribution in [-0.2, 0) is 14.3 Å². The molecule has 0 bridgehead atoms. The molecule has 2 saturated heterocycles. The van der Waals surface area contributed by atoms with Crippen LogP contribution < -0.4 is 10.2 Å². The minimum atomic E-state index is -0.497. The van der Waals surface area contributed by atoms with Gasteiger partial charge >= 0.3 is 5.97 Å². The summed E-state index contributed by atoms with van der Waals surface area (Å²) in [5.74, 6) is -0.731. The lowest BCUT2D eigenvalue weighted by Gasteiger charge is -2.31. The monoisotopic (exact) mass is 359 g/mol. The fourth-order valence-corrected chi connectivity index (χ4v) is 4.54. The molecular formula is C17H17N3O4S. The first-order valence-electron chi connectivity index (χ1n) is 8.09. The number of amides is 2. The van der Waals surface area contributed by atoms with Crippen molar-refractivity contribution in [2.24, 2.45) is 5.41 Å². The lowest BCUT2D eigenvalue weighted by atomic mass is 9.79. The van der Waals surface area contributed by atoms with E-state index in [9.17, 15) is 14.4 Å². The van der Waals surface area contributed by atoms with E-state index in [4.69, 9.17) is 4.74 Å². The number of hydrogen-bond acceptors (Lipinski definition) is 7. The molecule has 2 aliphatic heterocycles. The summed E-state index contributed by atoms with van der Waals surface area (Å²) in [5.41, 5.74) is 0.813. The molecule has 2 aromatic rings. The van der Waals surface area contributed by atoms with Crippen LogP contribution in [0.15, 0.2) is 18.2 Å². The van der Waals surface area contributed by atoms with Crippen LogP contribution in [0.25, 0.3) is 10.2 Å². The summed E-state index contributed by atoms with van der Waals surface area (Å²) in [5, 5.41) is 3.30. The van der Waals surface area contributed by atoms with Crippen molar-refractivity contribution < 1.29 is 19.1 Å². The van der Waals surface area contributed by atoms with Gasteiger partial charge in [0.2, 0.25) is 11.8 Å². The van der Waals surface area contributed by atoms with Crippen LogP contribution in [0.3, 0.4) is 0 Å². The molecule has 1 aromatic heterocycles. The summed E-state index contributed by atoms with van der Waals surface area (Å²) >= 11 is 1.49. The van der Waals surface area contributed by atoms with E-state index in [-0.39, 0.29) is 17.8 Å². The second-order valence-corrected chi connectivity index (χ2v) is 7.51. The number of nitrogens with zero attached hydrogens (tertiary/aromatic N) is 2. The smallest absolute Gasteiger partial charge is 0.337 e. The number of ether oxygens (including phenoxy) is 1. The lowest BCUT2D eigenvalue weighted by molar-refractivity contribution is -0.140. The summed E-state index contributed by atoms with van der Waals surface area (Å²) in [6.45, 7) is 1.29. The summed E-state index contributed by atoms with van der Waals surface area (Å²) in [7, 11) is 1.36. The van der Waals surface area contributed by atoms with Gasteiger partial charge in [0, 0.05) is 19.5 Å². The average Bonchev–Trinajstić information content (AvgIpc) is 3.22. The SMILES string of the molecule is COC(=O)c1ccc2nc(N3CCC4(CCC(=O)NC4=O)C3)sc2c1. The van der Waals surface area contributed by atoms with Crippen LogP contribution in [0.1, 0.15) is 29.6 Å². The van der Waals surface area contributed by atoms with E-state index >= 15 is 0 Å². The first-order chi connectivity index (χ1) is 12.0. The number of rotatable bonds is 2. The summed E-state index contributed by atoms with van der Waals surface area (Å²) in [6.07, 6.45) is 1.70. The van der Waals surface area contributed by atoms with Crippen molar-refractivity contribution in [3.05, 3.63) is 23.8 Å². The minimum absolute atomic E-state index is 0.166. The third-order valence-corrected chi connectivity index (χ3v) is 6.07. The predicted octanol–water partition coefficient (Wildman–Crippen LogP) is 1.72. The van der Waals surface area contributed by atoms with E-state index in [1.807, 2.05) is 0 Å². The van der Waals surface area contributed by atoms with E-state index in [0.29, 0.717) is 24.9 Å². The van der Waals surface area contributed by atoms with E-state index in [1.54, 1.807) is 18.2 Å². The van der Waals surface area contributed by atoms with Crippen molar-refractivity contribution in [2.75, 3.05) is 25.1 Å². The fourth-order valence-electron chi connectivity index (χ4n) is 3.51. The molecule has 0 saturated carbocycles. The molecular weight excluding hydrogens is 342 g/mol. The van der Waals surface area contributed by atoms with Gasteiger partial charge in [0.1, 0.15) is 0 Å². The first kappa shape index (κ1) is 16.0. The van der Waals surface area contributed by atoms with Gasteiger partial charge in [-0.1, -0.05) is 11.3 Å². The molecule has 1 spiro atoms. The number of carbonyl (C=O) groups excluding carboxylic acids is 3. The topological polar surface area (TPSA) is 88.6 Å². The number of fused-ring (bicyclic) bond motifs is 1. The van der Waals surface area contributed by atoms with Gasteiger partial charge in [-0.2, -0.15) is 0 Å². The molecule has 0 aliphatic carbocycles. The highest BCUT2D eigenvalue weighted by molar-refractivity contribution is 7.22. The highest BCUT2D eigenvalue weighted by Gasteiger charge is 2.48. The largest absolute Gasteiger partial charge is 0.465 e. The Kier molecular flexibility index (Phi) is 3.72. The summed E-state index contributed by atoms with van der Waals surface area (Å²) < 4.78 is 5.66. The molecule has 7 nitrogen and oxygen atoms in total. The molecule has 1 aromatic carbocycles. The summed E-state index contributed by atoms with van der Waals surface area (Å²) in [6, 6.07) is 5.28. The molecule has 1 atom stereocenters. The van der Waals surface area contributed by atoms with Gasteiger partial charge in [0.25, 0.3) is 0 Å². The van der Waals surface area contributed by atoms with Crippen LogP contribution in [0, 0.1) is 5.41 Å². The molecule has 1 N–H and O–H groups in total. The van der Waals surface area contributed by atoms with Gasteiger partial charge in [-0.25, -0.2) is 9.78 Å². The van der Waals surface area contributed by atoms with Gasteiger partial charge < -0.3 is 9.64 Å². The van der Waals surface area contributed by atoms with Crippen molar-refractivity contribution in [3.8, 4) is 0 Å². The van der Waals surface area contributed by atoms with Crippen molar-refractivity contribution in [3.63, 3.8) is 0 Å². The maximum atomic E-state index is 12.3. The second-order valence-electron chi connectivity index (χ2n) is 6.50. The van der Waals surface area contributed by atoms with Crippen LogP contribution in [-0.4, -0.2) is 43.0 Å². The average molecular weight is 359 g/mol. The van der Waals surface area contributed by atoms with Gasteiger partial charge in [-0.3, -0.25) is 14.9 Å². The number of piperidine rings is 1. The number of benzene rings is 1. The van der Waals surface area contributed by atoms with Crippen molar-refractivity contribution >= 4 is 44.5 Å². The maximum Gasteiger partial charge on any atom is 0.337 e. The Bertz CT molecular complexity index is 893. The zero-order chi connectivity index (χ0) is 17.6. The van der Waals surface area contributed by atoms with Crippen molar-refractivity contribution in [2.45, 2.75) is 19.3 Å². The highest BCUT2D eigenvalue weighted by Crippen LogP contribution is 2.41. The molecule has 4 rings (SSSR count). The normalized spacial score (nSPS) is 23.3. The Morgan fingerprint density at radius 2 is 2.20 bits per heavy atom. The Balaban J connectivity index is 1.59. The van der Waals surface area contributed by atoms with Gasteiger partial charge in [-0.05, 0) is 31.0 Å². The van der Waals surface area contributed by atoms with Crippen LogP contribution in [0.5, 0.6) is 0 Å². The van der Waals surface area contributed by atoms with E-state index in [0.717, 1.165) is 28.3 Å². The van der Waals surface area contributed by atoms with Gasteiger partial charge in [0.15, 0.2) is 5.13 Å². The van der Waals surface area contributed by atoms with Crippen LogP contribution in [0.4, 0.5) is 5.13 Å². The zero-order valence-corrected chi connectivity index (χ0v) is 14.5. The Labute approximate surface area is 148 Å². The van der Waals surface area contributed by atoms with Crippen molar-refractivity contribution in [1.82, 2.24) is 10.3 Å². The first-order valence-corrected chi connectivity index (χ1v) is 8.91. The fraction of sp³-hybridized carbons (Fsp3) is 0.412. The third-order valence-electron chi connectivity index (χ3n) is 4.99. The van der Waals surface area contributed by atoms with E-state index < -0.39 is 5.41 Å². The number of thiazole rings is 1. The minimum Gasteiger partial charge on any atom is -0.465 e. The van der Waals surface area contributed by atoms with Crippen LogP contribution in [0.2, 0.25) is 0 Å². The number of esters is 1. The number of imide groups is 1. The molecule has 2 fully saturated rings. The van der Waals surface area contributed by atoms with Gasteiger partial charge in [-0.15, -0.1) is 0 Å². The number of hydrogen-bond donors (Lipinski definition) is 1. The number of anilines is 1. The molecule has 25 heavy (non-hydrogen) atoms. The number of aromatic nitrogens is 1. The molecule has 2 amide bonds. The van der Waals surface area contributed by atoms with E-state index in [2.05, 4.69) is 15.2 Å². The Morgan fingerprint density at radius 3 is 2.96 bits per heavy atom. The lowest BCUT2D eigenvalue weighted by Crippen LogP contribution is -2.50. The summed E-state index contributed by atoms with van der Waals surface area (Å²) in [4.78, 5) is 42.1. The molecule has 8 heteroatoms. The molecule has 0 radical (unpaired) electrons.